The average molecular weight is 297 g/mol. The zero-order valence-corrected chi connectivity index (χ0v) is 10.8. The molecule has 0 saturated heterocycles. The number of hydrogen-bond acceptors (Lipinski definition) is 5. The molecule has 0 fully saturated rings. The van der Waals surface area contributed by atoms with Crippen LogP contribution < -0.4 is 5.73 Å². The van der Waals surface area contributed by atoms with E-state index in [1.165, 1.54) is 0 Å². The van der Waals surface area contributed by atoms with Crippen molar-refractivity contribution in [3.8, 4) is 11.6 Å². The molecular weight excluding hydrogens is 287 g/mol. The number of alkyl halides is 3. The van der Waals surface area contributed by atoms with Crippen molar-refractivity contribution in [1.29, 1.82) is 0 Å². The second kappa shape index (κ2) is 4.32. The molecule has 0 radical (unpaired) electrons. The van der Waals surface area contributed by atoms with E-state index in [0.717, 1.165) is 12.3 Å². The van der Waals surface area contributed by atoms with Gasteiger partial charge in [-0.15, -0.1) is 0 Å². The van der Waals surface area contributed by atoms with Crippen molar-refractivity contribution in [2.75, 3.05) is 0 Å². The normalized spacial score (nSPS) is 15.3. The highest BCUT2D eigenvalue weighted by atomic mass is 19.4. The van der Waals surface area contributed by atoms with E-state index in [-0.39, 0.29) is 11.6 Å². The lowest BCUT2D eigenvalue weighted by Crippen LogP contribution is -2.47. The van der Waals surface area contributed by atoms with Crippen LogP contribution in [0, 0.1) is 0 Å². The molecule has 8 heteroatoms. The van der Waals surface area contributed by atoms with E-state index >= 15 is 0 Å². The molecule has 3 rings (SSSR count). The fourth-order valence-electron chi connectivity index (χ4n) is 1.75. The Morgan fingerprint density at radius 2 is 1.90 bits per heavy atom. The van der Waals surface area contributed by atoms with Gasteiger partial charge in [0, 0.05) is 5.39 Å². The Labute approximate surface area is 116 Å². The number of rotatable bonds is 2. The Hall–Kier alpha value is -2.35. The van der Waals surface area contributed by atoms with Gasteiger partial charge in [-0.2, -0.15) is 18.2 Å². The van der Waals surface area contributed by atoms with Crippen molar-refractivity contribution in [2.24, 2.45) is 5.73 Å². The fourth-order valence-corrected chi connectivity index (χ4v) is 1.75. The Kier molecular flexibility index (Phi) is 2.80. The molecule has 0 amide bonds. The number of benzene rings is 1. The van der Waals surface area contributed by atoms with E-state index < -0.39 is 17.6 Å². The van der Waals surface area contributed by atoms with E-state index in [0.29, 0.717) is 5.58 Å². The van der Waals surface area contributed by atoms with Crippen molar-refractivity contribution in [1.82, 2.24) is 10.1 Å². The highest BCUT2D eigenvalue weighted by Gasteiger charge is 2.53. The molecule has 0 saturated carbocycles. The van der Waals surface area contributed by atoms with E-state index in [9.17, 15) is 13.2 Å². The van der Waals surface area contributed by atoms with Crippen molar-refractivity contribution in [3.05, 3.63) is 36.2 Å². The summed E-state index contributed by atoms with van der Waals surface area (Å²) in [5.74, 6) is -0.586. The van der Waals surface area contributed by atoms with Crippen LogP contribution in [0.1, 0.15) is 12.8 Å². The van der Waals surface area contributed by atoms with Gasteiger partial charge >= 0.3 is 6.18 Å². The summed E-state index contributed by atoms with van der Waals surface area (Å²) in [4.78, 5) is 3.70. The first-order chi connectivity index (χ1) is 9.79. The minimum absolute atomic E-state index is 0.0814. The van der Waals surface area contributed by atoms with Gasteiger partial charge in [0.15, 0.2) is 11.3 Å². The van der Waals surface area contributed by atoms with Crippen LogP contribution in [0.15, 0.2) is 39.3 Å². The first-order valence-electron chi connectivity index (χ1n) is 5.98. The number of nitrogens with two attached hydrogens (primary N) is 1. The molecule has 0 spiro atoms. The van der Waals surface area contributed by atoms with Crippen molar-refractivity contribution in [3.63, 3.8) is 0 Å². The summed E-state index contributed by atoms with van der Waals surface area (Å²) >= 11 is 0. The summed E-state index contributed by atoms with van der Waals surface area (Å²) in [5, 5.41) is 4.28. The van der Waals surface area contributed by atoms with E-state index in [4.69, 9.17) is 10.2 Å². The third kappa shape index (κ3) is 2.17. The maximum Gasteiger partial charge on any atom is 0.415 e. The van der Waals surface area contributed by atoms with Crippen LogP contribution in [0.3, 0.4) is 0 Å². The van der Waals surface area contributed by atoms with Gasteiger partial charge in [0.05, 0.1) is 0 Å². The summed E-state index contributed by atoms with van der Waals surface area (Å²) in [6.07, 6.45) is -4.70. The smallest absolute Gasteiger partial charge is 0.415 e. The first-order valence-corrected chi connectivity index (χ1v) is 5.98. The molecule has 2 aromatic heterocycles. The zero-order valence-electron chi connectivity index (χ0n) is 10.8. The topological polar surface area (TPSA) is 78.1 Å². The van der Waals surface area contributed by atoms with Gasteiger partial charge in [0.25, 0.3) is 5.89 Å². The summed E-state index contributed by atoms with van der Waals surface area (Å²) in [5.41, 5.74) is 3.09. The van der Waals surface area contributed by atoms with Gasteiger partial charge < -0.3 is 14.7 Å². The summed E-state index contributed by atoms with van der Waals surface area (Å²) in [6.45, 7) is 0.767. The SMILES string of the molecule is CC(N)(c1nc(-c2cc3ccccc3o2)no1)C(F)(F)F. The predicted octanol–water partition coefficient (Wildman–Crippen LogP) is 3.22. The molecule has 0 bridgehead atoms. The molecular formula is C13H10F3N3O2. The van der Waals surface area contributed by atoms with Crippen molar-refractivity contribution < 1.29 is 22.1 Å². The van der Waals surface area contributed by atoms with Crippen LogP contribution in [-0.2, 0) is 5.54 Å². The molecule has 2 N–H and O–H groups in total. The summed E-state index contributed by atoms with van der Waals surface area (Å²) in [6, 6.07) is 8.72. The van der Waals surface area contributed by atoms with Gasteiger partial charge in [0.2, 0.25) is 5.82 Å². The monoisotopic (exact) mass is 297 g/mol. The average Bonchev–Trinajstić information content (AvgIpc) is 3.04. The lowest BCUT2D eigenvalue weighted by Gasteiger charge is -2.22. The number of fused-ring (bicyclic) bond motifs is 1. The van der Waals surface area contributed by atoms with E-state index in [1.807, 2.05) is 6.07 Å². The number of hydrogen-bond donors (Lipinski definition) is 1. The third-order valence-electron chi connectivity index (χ3n) is 3.11. The molecule has 110 valence electrons. The molecule has 5 nitrogen and oxygen atoms in total. The second-order valence-corrected chi connectivity index (χ2v) is 4.77. The number of nitrogens with zero attached hydrogens (tertiary/aromatic N) is 2. The maximum absolute atomic E-state index is 12.8. The molecule has 0 aliphatic heterocycles. The maximum atomic E-state index is 12.8. The van der Waals surface area contributed by atoms with Crippen molar-refractivity contribution >= 4 is 11.0 Å². The van der Waals surface area contributed by atoms with Crippen LogP contribution in [-0.4, -0.2) is 16.3 Å². The lowest BCUT2D eigenvalue weighted by atomic mass is 10.0. The van der Waals surface area contributed by atoms with Crippen LogP contribution in [0.4, 0.5) is 13.2 Å². The molecule has 1 unspecified atom stereocenters. The molecule has 1 aromatic carbocycles. The second-order valence-electron chi connectivity index (χ2n) is 4.77. The minimum Gasteiger partial charge on any atom is -0.453 e. The molecule has 3 aromatic rings. The highest BCUT2D eigenvalue weighted by molar-refractivity contribution is 5.81. The standard InChI is InChI=1S/C13H10F3N3O2/c1-12(17,13(14,15)16)11-18-10(19-21-11)9-6-7-4-2-3-5-8(7)20-9/h2-6H,17H2,1H3. The molecule has 2 heterocycles. The minimum atomic E-state index is -4.70. The number of furan rings is 1. The van der Waals surface area contributed by atoms with Crippen LogP contribution in [0.25, 0.3) is 22.6 Å². The van der Waals surface area contributed by atoms with Gasteiger partial charge in [-0.1, -0.05) is 23.4 Å². The Balaban J connectivity index is 2.02. The van der Waals surface area contributed by atoms with E-state index in [1.54, 1.807) is 24.3 Å². The summed E-state index contributed by atoms with van der Waals surface area (Å²) < 4.78 is 48.6. The van der Waals surface area contributed by atoms with Gasteiger partial charge in [-0.05, 0) is 19.1 Å². The third-order valence-corrected chi connectivity index (χ3v) is 3.11. The molecule has 0 aliphatic carbocycles. The van der Waals surface area contributed by atoms with Gasteiger partial charge in [-0.25, -0.2) is 0 Å². The van der Waals surface area contributed by atoms with Crippen LogP contribution in [0.2, 0.25) is 0 Å². The number of halogens is 3. The van der Waals surface area contributed by atoms with Gasteiger partial charge in [0.1, 0.15) is 5.58 Å². The Morgan fingerprint density at radius 3 is 2.57 bits per heavy atom. The van der Waals surface area contributed by atoms with Crippen molar-refractivity contribution in [2.45, 2.75) is 18.6 Å². The van der Waals surface area contributed by atoms with E-state index in [2.05, 4.69) is 14.7 Å². The number of aromatic nitrogens is 2. The van der Waals surface area contributed by atoms with Gasteiger partial charge in [-0.3, -0.25) is 0 Å². The largest absolute Gasteiger partial charge is 0.453 e. The summed E-state index contributed by atoms with van der Waals surface area (Å²) in [7, 11) is 0. The molecule has 0 aliphatic rings. The predicted molar refractivity (Wildman–Crippen MR) is 67.1 cm³/mol. The van der Waals surface area contributed by atoms with Crippen LogP contribution >= 0.6 is 0 Å². The first kappa shape index (κ1) is 13.6. The quantitative estimate of drug-likeness (QED) is 0.785. The Morgan fingerprint density at radius 1 is 1.19 bits per heavy atom. The Bertz CT molecular complexity index is 756. The fraction of sp³-hybridized carbons (Fsp3) is 0.231. The highest BCUT2D eigenvalue weighted by Crippen LogP contribution is 2.36. The lowest BCUT2D eigenvalue weighted by molar-refractivity contribution is -0.190. The molecule has 1 atom stereocenters. The number of para-hydroxylation sites is 1. The molecule has 21 heavy (non-hydrogen) atoms. The zero-order chi connectivity index (χ0) is 15.3. The van der Waals surface area contributed by atoms with Crippen LogP contribution in [0.5, 0.6) is 0 Å².